The first-order valence-electron chi connectivity index (χ1n) is 4.84. The molecule has 16 heavy (non-hydrogen) atoms. The largest absolute Gasteiger partial charge is 0.507 e. The highest BCUT2D eigenvalue weighted by molar-refractivity contribution is 9.10. The zero-order chi connectivity index (χ0) is 11.4. The van der Waals surface area contributed by atoms with Gasteiger partial charge in [-0.2, -0.15) is 0 Å². The van der Waals surface area contributed by atoms with Crippen molar-refractivity contribution in [3.05, 3.63) is 58.6 Å². The molecule has 0 radical (unpaired) electrons. The van der Waals surface area contributed by atoms with Crippen LogP contribution in [-0.4, -0.2) is 11.3 Å². The van der Waals surface area contributed by atoms with Crippen LogP contribution in [0.3, 0.4) is 0 Å². The van der Waals surface area contributed by atoms with E-state index in [1.807, 2.05) is 36.4 Å². The number of nitrogens with zero attached hydrogens (tertiary/aromatic N) is 1. The van der Waals surface area contributed by atoms with Gasteiger partial charge in [-0.1, -0.05) is 24.3 Å². The Morgan fingerprint density at radius 2 is 1.75 bits per heavy atom. The number of hydrogen-bond acceptors (Lipinski definition) is 2. The molecule has 2 rings (SSSR count). The summed E-state index contributed by atoms with van der Waals surface area (Å²) in [5.74, 6) is 0.217. The van der Waals surface area contributed by atoms with Gasteiger partial charge in [-0.15, -0.1) is 0 Å². The van der Waals surface area contributed by atoms with Gasteiger partial charge in [-0.05, 0) is 40.2 Å². The van der Waals surface area contributed by atoms with E-state index in [4.69, 9.17) is 0 Å². The minimum absolute atomic E-state index is 0.217. The van der Waals surface area contributed by atoms with Crippen molar-refractivity contribution in [2.45, 2.75) is 0 Å². The maximum Gasteiger partial charge on any atom is 0.125 e. The summed E-state index contributed by atoms with van der Waals surface area (Å²) >= 11 is 3.37. The quantitative estimate of drug-likeness (QED) is 0.829. The van der Waals surface area contributed by atoms with E-state index in [2.05, 4.69) is 20.9 Å². The number of benzene rings is 2. The molecule has 1 N–H and O–H groups in total. The molecular weight excluding hydrogens is 266 g/mol. The predicted molar refractivity (Wildman–Crippen MR) is 69.5 cm³/mol. The molecule has 2 aromatic rings. The van der Waals surface area contributed by atoms with Crippen LogP contribution in [0.25, 0.3) is 0 Å². The molecule has 0 bridgehead atoms. The number of para-hydroxylation sites is 1. The zero-order valence-corrected chi connectivity index (χ0v) is 10.1. The monoisotopic (exact) mass is 275 g/mol. The van der Waals surface area contributed by atoms with Crippen LogP contribution in [0.1, 0.15) is 5.56 Å². The second kappa shape index (κ2) is 4.94. The van der Waals surface area contributed by atoms with Crippen LogP contribution in [-0.2, 0) is 0 Å². The molecule has 80 valence electrons. The fraction of sp³-hybridized carbons (Fsp3) is 0. The lowest BCUT2D eigenvalue weighted by Crippen LogP contribution is -1.83. The van der Waals surface area contributed by atoms with E-state index in [0.717, 1.165) is 10.2 Å². The third-order valence-corrected chi connectivity index (χ3v) is 2.82. The summed E-state index contributed by atoms with van der Waals surface area (Å²) in [7, 11) is 0. The number of aliphatic imine (C=N–C) groups is 1. The van der Waals surface area contributed by atoms with Gasteiger partial charge in [0, 0.05) is 16.3 Å². The Morgan fingerprint density at radius 3 is 2.44 bits per heavy atom. The fourth-order valence-electron chi connectivity index (χ4n) is 1.31. The van der Waals surface area contributed by atoms with Gasteiger partial charge >= 0.3 is 0 Å². The molecule has 0 atom stereocenters. The lowest BCUT2D eigenvalue weighted by molar-refractivity contribution is 0.474. The van der Waals surface area contributed by atoms with Crippen molar-refractivity contribution < 1.29 is 5.11 Å². The van der Waals surface area contributed by atoms with Crippen LogP contribution in [0.4, 0.5) is 5.69 Å². The normalized spacial score (nSPS) is 10.8. The highest BCUT2D eigenvalue weighted by Crippen LogP contribution is 2.24. The molecule has 0 amide bonds. The number of phenolic OH excluding ortho intramolecular Hbond substituents is 1. The maximum atomic E-state index is 9.65. The first-order valence-corrected chi connectivity index (χ1v) is 5.63. The third-order valence-electron chi connectivity index (χ3n) is 2.13. The zero-order valence-electron chi connectivity index (χ0n) is 8.47. The fourth-order valence-corrected chi connectivity index (χ4v) is 1.76. The van der Waals surface area contributed by atoms with Gasteiger partial charge in [0.05, 0.1) is 5.69 Å². The van der Waals surface area contributed by atoms with Crippen LogP contribution >= 0.6 is 15.9 Å². The number of phenols is 1. The molecule has 0 aliphatic carbocycles. The van der Waals surface area contributed by atoms with E-state index in [0.29, 0.717) is 5.56 Å². The lowest BCUT2D eigenvalue weighted by Gasteiger charge is -2.00. The summed E-state index contributed by atoms with van der Waals surface area (Å²) in [6.07, 6.45) is 1.65. The van der Waals surface area contributed by atoms with Crippen molar-refractivity contribution >= 4 is 27.8 Å². The first-order chi connectivity index (χ1) is 7.77. The van der Waals surface area contributed by atoms with Gasteiger partial charge in [0.1, 0.15) is 5.75 Å². The smallest absolute Gasteiger partial charge is 0.125 e. The molecule has 3 heteroatoms. The molecule has 2 nitrogen and oxygen atoms in total. The Morgan fingerprint density at radius 1 is 1.00 bits per heavy atom. The highest BCUT2D eigenvalue weighted by atomic mass is 79.9. The highest BCUT2D eigenvalue weighted by Gasteiger charge is 2.01. The molecule has 0 spiro atoms. The Labute approximate surface area is 102 Å². The molecule has 0 heterocycles. The summed E-state index contributed by atoms with van der Waals surface area (Å²) in [5, 5.41) is 9.65. The van der Waals surface area contributed by atoms with E-state index in [-0.39, 0.29) is 5.75 Å². The summed E-state index contributed by atoms with van der Waals surface area (Å²) in [6, 6.07) is 14.9. The summed E-state index contributed by atoms with van der Waals surface area (Å²) in [4.78, 5) is 4.28. The van der Waals surface area contributed by atoms with Crippen molar-refractivity contribution in [1.29, 1.82) is 0 Å². The summed E-state index contributed by atoms with van der Waals surface area (Å²) in [6.45, 7) is 0. The first kappa shape index (κ1) is 10.9. The van der Waals surface area contributed by atoms with Crippen molar-refractivity contribution in [1.82, 2.24) is 0 Å². The Kier molecular flexibility index (Phi) is 3.37. The van der Waals surface area contributed by atoms with E-state index >= 15 is 0 Å². The Balaban J connectivity index is 2.31. The second-order valence-corrected chi connectivity index (χ2v) is 4.12. The molecule has 2 aromatic carbocycles. The minimum Gasteiger partial charge on any atom is -0.507 e. The van der Waals surface area contributed by atoms with E-state index in [1.54, 1.807) is 18.3 Å². The van der Waals surface area contributed by atoms with Crippen LogP contribution in [0.15, 0.2) is 58.0 Å². The SMILES string of the molecule is Oc1cccc(Br)c1C=Nc1ccccc1. The molecule has 0 aromatic heterocycles. The van der Waals surface area contributed by atoms with Crippen molar-refractivity contribution in [3.8, 4) is 5.75 Å². The maximum absolute atomic E-state index is 9.65. The number of rotatable bonds is 2. The molecule has 0 unspecified atom stereocenters. The van der Waals surface area contributed by atoms with Crippen LogP contribution in [0, 0.1) is 0 Å². The van der Waals surface area contributed by atoms with Crippen molar-refractivity contribution in [2.24, 2.45) is 4.99 Å². The number of hydrogen-bond donors (Lipinski definition) is 1. The average molecular weight is 276 g/mol. The molecule has 0 aliphatic rings. The van der Waals surface area contributed by atoms with Crippen molar-refractivity contribution in [2.75, 3.05) is 0 Å². The Bertz CT molecular complexity index is 488. The molecule has 0 saturated carbocycles. The topological polar surface area (TPSA) is 32.6 Å². The van der Waals surface area contributed by atoms with E-state index in [1.165, 1.54) is 0 Å². The number of halogens is 1. The van der Waals surface area contributed by atoms with Gasteiger partial charge in [0.2, 0.25) is 0 Å². The van der Waals surface area contributed by atoms with Gasteiger partial charge < -0.3 is 5.11 Å². The van der Waals surface area contributed by atoms with Crippen LogP contribution in [0.2, 0.25) is 0 Å². The Hall–Kier alpha value is -1.61. The third kappa shape index (κ3) is 2.49. The molecule has 0 aliphatic heterocycles. The van der Waals surface area contributed by atoms with Gasteiger partial charge in [0.25, 0.3) is 0 Å². The molecule has 0 fully saturated rings. The van der Waals surface area contributed by atoms with Crippen LogP contribution < -0.4 is 0 Å². The average Bonchev–Trinajstić information content (AvgIpc) is 2.30. The second-order valence-electron chi connectivity index (χ2n) is 3.27. The van der Waals surface area contributed by atoms with Gasteiger partial charge in [-0.3, -0.25) is 4.99 Å². The van der Waals surface area contributed by atoms with Crippen LogP contribution in [0.5, 0.6) is 5.75 Å². The van der Waals surface area contributed by atoms with Crippen molar-refractivity contribution in [3.63, 3.8) is 0 Å². The molecular formula is C13H10BrNO. The van der Waals surface area contributed by atoms with E-state index < -0.39 is 0 Å². The summed E-state index contributed by atoms with van der Waals surface area (Å²) in [5.41, 5.74) is 1.55. The number of aromatic hydroxyl groups is 1. The predicted octanol–water partition coefficient (Wildman–Crippen LogP) is 3.91. The van der Waals surface area contributed by atoms with E-state index in [9.17, 15) is 5.11 Å². The lowest BCUT2D eigenvalue weighted by atomic mass is 10.2. The van der Waals surface area contributed by atoms with Gasteiger partial charge in [0.15, 0.2) is 0 Å². The molecule has 0 saturated heterocycles. The minimum atomic E-state index is 0.217. The standard InChI is InChI=1S/C13H10BrNO/c14-12-7-4-8-13(16)11(12)9-15-10-5-2-1-3-6-10/h1-9,16H. The van der Waals surface area contributed by atoms with Gasteiger partial charge in [-0.25, -0.2) is 0 Å². The summed E-state index contributed by atoms with van der Waals surface area (Å²) < 4.78 is 0.826.